The zero-order valence-corrected chi connectivity index (χ0v) is 13.4. The third-order valence-electron chi connectivity index (χ3n) is 2.30. The van der Waals surface area contributed by atoms with E-state index in [2.05, 4.69) is 4.74 Å². The van der Waals surface area contributed by atoms with Gasteiger partial charge in [-0.05, 0) is 13.0 Å². The van der Waals surface area contributed by atoms with Gasteiger partial charge in [-0.25, -0.2) is 4.39 Å². The van der Waals surface area contributed by atoms with Crippen molar-refractivity contribution >= 4 is 11.7 Å². The maximum atomic E-state index is 13.5. The second-order valence-corrected chi connectivity index (χ2v) is 4.72. The third kappa shape index (κ3) is 9.85. The van der Waals surface area contributed by atoms with Crippen LogP contribution in [0.25, 0.3) is 0 Å². The van der Waals surface area contributed by atoms with Crippen LogP contribution in [-0.2, 0) is 20.9 Å². The minimum Gasteiger partial charge on any atom is -0.494 e. The molecule has 0 bridgehead atoms. The molecule has 0 radical (unpaired) electrons. The molecule has 10 heteroatoms. The highest BCUT2D eigenvalue weighted by Crippen LogP contribution is 2.25. The van der Waals surface area contributed by atoms with Gasteiger partial charge in [0.2, 0.25) is 0 Å². The summed E-state index contributed by atoms with van der Waals surface area (Å²) >= 11 is 0. The zero-order chi connectivity index (χ0) is 18.9. The summed E-state index contributed by atoms with van der Waals surface area (Å²) in [5.41, 5.74) is 12.0. The number of esters is 1. The molecule has 138 valence electrons. The smallest absolute Gasteiger partial charge is 0.494 e. The number of methoxy groups -OCH3 is 1. The van der Waals surface area contributed by atoms with E-state index in [1.165, 1.54) is 19.2 Å². The van der Waals surface area contributed by atoms with Crippen molar-refractivity contribution in [3.63, 3.8) is 0 Å². The summed E-state index contributed by atoms with van der Waals surface area (Å²) in [6, 6.07) is 2.69. The molecule has 0 aliphatic heterocycles. The lowest BCUT2D eigenvalue weighted by atomic mass is 10.2. The quantitative estimate of drug-likeness (QED) is 0.478. The lowest BCUT2D eigenvalue weighted by Crippen LogP contribution is -2.21. The Morgan fingerprint density at radius 1 is 1.33 bits per heavy atom. The fraction of sp³-hybridized carbons (Fsp3) is 0.500. The Labute approximate surface area is 136 Å². The first-order valence-corrected chi connectivity index (χ1v) is 6.67. The molecule has 0 saturated heterocycles. The second kappa shape index (κ2) is 9.93. The van der Waals surface area contributed by atoms with Crippen LogP contribution in [0.2, 0.25) is 0 Å². The van der Waals surface area contributed by atoms with Crippen LogP contribution in [0.4, 0.5) is 23.2 Å². The van der Waals surface area contributed by atoms with Crippen molar-refractivity contribution in [3.05, 3.63) is 23.5 Å². The van der Waals surface area contributed by atoms with Gasteiger partial charge in [-0.2, -0.15) is 0 Å². The number of nitrogens with two attached hydrogens (primary N) is 2. The van der Waals surface area contributed by atoms with Crippen molar-refractivity contribution in [1.29, 1.82) is 0 Å². The molecule has 0 heterocycles. The van der Waals surface area contributed by atoms with Gasteiger partial charge in [0.15, 0.2) is 0 Å². The normalized spacial score (nSPS) is 12.0. The Morgan fingerprint density at radius 3 is 2.29 bits per heavy atom. The zero-order valence-electron chi connectivity index (χ0n) is 13.4. The number of carbonyl (C=O) groups excluding carboxylic acids is 1. The number of rotatable bonds is 5. The van der Waals surface area contributed by atoms with Gasteiger partial charge < -0.3 is 25.7 Å². The van der Waals surface area contributed by atoms with Gasteiger partial charge in [-0.3, -0.25) is 4.79 Å². The van der Waals surface area contributed by atoms with Gasteiger partial charge in [0, 0.05) is 24.6 Å². The van der Waals surface area contributed by atoms with Crippen LogP contribution in [0.1, 0.15) is 19.4 Å². The van der Waals surface area contributed by atoms with E-state index in [4.69, 9.17) is 20.9 Å². The van der Waals surface area contributed by atoms with Crippen LogP contribution in [0.15, 0.2) is 12.1 Å². The molecule has 0 amide bonds. The summed E-state index contributed by atoms with van der Waals surface area (Å²) in [7, 11) is 1.44. The molecule has 0 aromatic heterocycles. The molecular weight excluding hydrogens is 336 g/mol. The molecule has 6 nitrogen and oxygen atoms in total. The average molecular weight is 356 g/mol. The van der Waals surface area contributed by atoms with Crippen molar-refractivity contribution in [3.8, 4) is 5.75 Å². The Balaban J connectivity index is 0.000000561. The van der Waals surface area contributed by atoms with Gasteiger partial charge in [0.05, 0.1) is 26.0 Å². The summed E-state index contributed by atoms with van der Waals surface area (Å²) < 4.78 is 59.0. The summed E-state index contributed by atoms with van der Waals surface area (Å²) in [5.74, 6) is -1.42. The number of benzene rings is 1. The van der Waals surface area contributed by atoms with Crippen LogP contribution in [0.3, 0.4) is 0 Å². The molecule has 0 saturated carbocycles. The molecule has 1 aromatic carbocycles. The highest BCUT2D eigenvalue weighted by molar-refractivity contribution is 5.66. The van der Waals surface area contributed by atoms with E-state index in [0.29, 0.717) is 30.5 Å². The first kappa shape index (κ1) is 21.9. The van der Waals surface area contributed by atoms with E-state index in [0.717, 1.165) is 0 Å². The number of ether oxygens (including phenoxy) is 3. The summed E-state index contributed by atoms with van der Waals surface area (Å²) in [5, 5.41) is 0. The average Bonchev–Trinajstić information content (AvgIpc) is 2.39. The van der Waals surface area contributed by atoms with E-state index < -0.39 is 18.1 Å². The first-order chi connectivity index (χ1) is 11.0. The molecule has 0 fully saturated rings. The van der Waals surface area contributed by atoms with Crippen molar-refractivity contribution in [2.45, 2.75) is 32.9 Å². The minimum absolute atomic E-state index is 0.0707. The number of halogens is 4. The predicted octanol–water partition coefficient (Wildman–Crippen LogP) is 2.35. The molecule has 0 aliphatic rings. The van der Waals surface area contributed by atoms with E-state index >= 15 is 0 Å². The molecule has 0 aliphatic carbocycles. The van der Waals surface area contributed by atoms with Crippen molar-refractivity contribution in [1.82, 2.24) is 0 Å². The molecule has 1 aromatic rings. The molecule has 4 N–H and O–H groups in total. The van der Waals surface area contributed by atoms with E-state index in [-0.39, 0.29) is 12.6 Å². The van der Waals surface area contributed by atoms with Gasteiger partial charge in [-0.15, -0.1) is 13.2 Å². The maximum absolute atomic E-state index is 13.5. The predicted molar refractivity (Wildman–Crippen MR) is 78.5 cm³/mol. The lowest BCUT2D eigenvalue weighted by Gasteiger charge is -2.10. The molecule has 1 rings (SSSR count). The third-order valence-corrected chi connectivity index (χ3v) is 2.30. The summed E-state index contributed by atoms with van der Waals surface area (Å²) in [6.07, 6.45) is -4.83. The Bertz CT molecular complexity index is 536. The van der Waals surface area contributed by atoms with Gasteiger partial charge in [0.1, 0.15) is 11.6 Å². The molecule has 1 atom stereocenters. The second-order valence-electron chi connectivity index (χ2n) is 4.72. The Hall–Kier alpha value is -2.07. The fourth-order valence-corrected chi connectivity index (χ4v) is 1.42. The first-order valence-electron chi connectivity index (χ1n) is 6.67. The van der Waals surface area contributed by atoms with Crippen LogP contribution in [0, 0.1) is 5.82 Å². The van der Waals surface area contributed by atoms with Crippen molar-refractivity contribution in [2.24, 2.45) is 5.73 Å². The highest BCUT2D eigenvalue weighted by atomic mass is 19.4. The SMILES string of the molecule is CC(=O)OC(F)(F)F.COc1cc(F)c(COCC(C)N)cc1N. The molecule has 0 spiro atoms. The van der Waals surface area contributed by atoms with Crippen molar-refractivity contribution < 1.29 is 36.6 Å². The van der Waals surface area contributed by atoms with Crippen LogP contribution < -0.4 is 16.2 Å². The van der Waals surface area contributed by atoms with Gasteiger partial charge >= 0.3 is 12.3 Å². The number of hydrogen-bond donors (Lipinski definition) is 2. The van der Waals surface area contributed by atoms with E-state index in [1.807, 2.05) is 6.92 Å². The lowest BCUT2D eigenvalue weighted by molar-refractivity contribution is -0.304. The topological polar surface area (TPSA) is 96.8 Å². The van der Waals surface area contributed by atoms with Crippen LogP contribution >= 0.6 is 0 Å². The summed E-state index contributed by atoms with van der Waals surface area (Å²) in [4.78, 5) is 9.52. The fourth-order valence-electron chi connectivity index (χ4n) is 1.42. The van der Waals surface area contributed by atoms with Crippen LogP contribution in [0.5, 0.6) is 5.75 Å². The Kier molecular flexibility index (Phi) is 9.08. The number of hydrogen-bond acceptors (Lipinski definition) is 6. The van der Waals surface area contributed by atoms with Gasteiger partial charge in [-0.1, -0.05) is 0 Å². The number of nitrogen functional groups attached to an aromatic ring is 1. The number of anilines is 1. The maximum Gasteiger partial charge on any atom is 0.575 e. The highest BCUT2D eigenvalue weighted by Gasteiger charge is 2.32. The largest absolute Gasteiger partial charge is 0.575 e. The monoisotopic (exact) mass is 356 g/mol. The molecular formula is C14H20F4N2O4. The molecule has 24 heavy (non-hydrogen) atoms. The van der Waals surface area contributed by atoms with E-state index in [9.17, 15) is 22.4 Å². The standard InChI is InChI=1S/C11H17FN2O2.C3H3F3O2/c1-7(13)5-16-6-8-3-10(14)11(15-2)4-9(8)12;1-2(7)8-3(4,5)6/h3-4,7H,5-6,13-14H2,1-2H3;1H3. The summed E-state index contributed by atoms with van der Waals surface area (Å²) in [6.45, 7) is 3.04. The van der Waals surface area contributed by atoms with Gasteiger partial charge in [0.25, 0.3) is 0 Å². The number of carbonyl (C=O) groups is 1. The Morgan fingerprint density at radius 2 is 1.92 bits per heavy atom. The van der Waals surface area contributed by atoms with Crippen molar-refractivity contribution in [2.75, 3.05) is 19.5 Å². The minimum atomic E-state index is -4.83. The molecule has 1 unspecified atom stereocenters. The number of alkyl halides is 3. The van der Waals surface area contributed by atoms with E-state index in [1.54, 1.807) is 0 Å². The van der Waals surface area contributed by atoms with Crippen LogP contribution in [-0.4, -0.2) is 32.1 Å².